The Morgan fingerprint density at radius 2 is 1.16 bits per heavy atom. The summed E-state index contributed by atoms with van der Waals surface area (Å²) in [4.78, 5) is 0. The van der Waals surface area contributed by atoms with E-state index >= 15 is 0 Å². The lowest BCUT2D eigenvalue weighted by atomic mass is 9.79. The van der Waals surface area contributed by atoms with Gasteiger partial charge in [0.15, 0.2) is 0 Å². The molecule has 3 aromatic rings. The van der Waals surface area contributed by atoms with E-state index in [4.69, 9.17) is 4.74 Å². The quantitative estimate of drug-likeness (QED) is 0.115. The summed E-state index contributed by atoms with van der Waals surface area (Å²) in [7, 11) is 0. The lowest BCUT2D eigenvalue weighted by Crippen LogP contribution is -2.37. The molecular weight excluding hydrogens is 692 g/mol. The molecule has 0 heterocycles. The highest BCUT2D eigenvalue weighted by atomic mass is 19.4. The second-order valence-electron chi connectivity index (χ2n) is 12.7. The molecular formula is C36H36F12O2. The maximum Gasteiger partial charge on any atom is 0.432 e. The zero-order valence-corrected chi connectivity index (χ0v) is 27.0. The van der Waals surface area contributed by atoms with Crippen LogP contribution >= 0.6 is 0 Å². The van der Waals surface area contributed by atoms with Crippen LogP contribution in [0.3, 0.4) is 0 Å². The summed E-state index contributed by atoms with van der Waals surface area (Å²) in [6.45, 7) is 2.14. The van der Waals surface area contributed by atoms with E-state index in [0.29, 0.717) is 30.9 Å². The molecule has 0 atom stereocenters. The first kappa shape index (κ1) is 39.2. The number of halogens is 12. The summed E-state index contributed by atoms with van der Waals surface area (Å²) < 4.78 is 178. The molecule has 276 valence electrons. The third-order valence-corrected chi connectivity index (χ3v) is 8.94. The number of hydrogen-bond acceptors (Lipinski definition) is 2. The van der Waals surface area contributed by atoms with Crippen LogP contribution in [-0.4, -0.2) is 6.11 Å². The number of benzene rings is 3. The van der Waals surface area contributed by atoms with E-state index < -0.39 is 76.0 Å². The number of ether oxygens (including phenoxy) is 2. The van der Waals surface area contributed by atoms with Crippen molar-refractivity contribution in [1.82, 2.24) is 0 Å². The maximum absolute atomic E-state index is 15.0. The molecule has 0 aromatic heterocycles. The molecule has 0 saturated heterocycles. The highest BCUT2D eigenvalue weighted by Gasteiger charge is 2.45. The monoisotopic (exact) mass is 728 g/mol. The van der Waals surface area contributed by atoms with Crippen LogP contribution in [-0.2, 0) is 25.1 Å². The Morgan fingerprint density at radius 3 is 1.72 bits per heavy atom. The number of aryl methyl sites for hydroxylation is 2. The Kier molecular flexibility index (Phi) is 12.7. The van der Waals surface area contributed by atoms with E-state index in [2.05, 4.69) is 11.7 Å². The van der Waals surface area contributed by atoms with Crippen molar-refractivity contribution in [2.45, 2.75) is 102 Å². The Morgan fingerprint density at radius 1 is 0.600 bits per heavy atom. The van der Waals surface area contributed by atoms with E-state index in [9.17, 15) is 52.7 Å². The van der Waals surface area contributed by atoms with E-state index in [0.717, 1.165) is 43.9 Å². The summed E-state index contributed by atoms with van der Waals surface area (Å²) in [6, 6.07) is 3.57. The minimum Gasteiger partial charge on any atom is -0.432 e. The molecule has 1 aliphatic rings. The molecule has 0 aliphatic heterocycles. The Hall–Kier alpha value is -3.58. The van der Waals surface area contributed by atoms with Crippen molar-refractivity contribution in [2.24, 2.45) is 11.8 Å². The number of hydrogen-bond donors (Lipinski definition) is 0. The van der Waals surface area contributed by atoms with Gasteiger partial charge in [0, 0.05) is 18.2 Å². The SMILES string of the molecule is CCCCCCCC1CCC(C(F)(F)Oc2ccc(CCc3cc(F)c(C(F)(F)Oc4cc(F)c(C(F)(F)F)c(F)c4)c(F)c3)c(F)c2)CC1. The van der Waals surface area contributed by atoms with Gasteiger partial charge in [-0.15, -0.1) is 0 Å². The van der Waals surface area contributed by atoms with Crippen molar-refractivity contribution in [3.05, 3.63) is 93.8 Å². The molecule has 0 bridgehead atoms. The van der Waals surface area contributed by atoms with Crippen molar-refractivity contribution in [3.63, 3.8) is 0 Å². The Balaban J connectivity index is 1.35. The van der Waals surface area contributed by atoms with Gasteiger partial charge in [0.05, 0.1) is 5.92 Å². The molecule has 0 radical (unpaired) electrons. The predicted octanol–water partition coefficient (Wildman–Crippen LogP) is 12.5. The molecule has 50 heavy (non-hydrogen) atoms. The van der Waals surface area contributed by atoms with E-state index in [1.54, 1.807) is 0 Å². The first-order chi connectivity index (χ1) is 23.4. The largest absolute Gasteiger partial charge is 0.432 e. The van der Waals surface area contributed by atoms with Gasteiger partial charge in [-0.25, -0.2) is 22.0 Å². The van der Waals surface area contributed by atoms with Crippen LogP contribution in [0.15, 0.2) is 42.5 Å². The molecule has 1 saturated carbocycles. The van der Waals surface area contributed by atoms with Crippen LogP contribution in [0.2, 0.25) is 0 Å². The smallest absolute Gasteiger partial charge is 0.432 e. The molecule has 1 aliphatic carbocycles. The van der Waals surface area contributed by atoms with Crippen LogP contribution in [0.25, 0.3) is 0 Å². The molecule has 0 unspecified atom stereocenters. The fourth-order valence-corrected chi connectivity index (χ4v) is 6.26. The van der Waals surface area contributed by atoms with Crippen LogP contribution in [0, 0.1) is 40.9 Å². The molecule has 0 spiro atoms. The highest BCUT2D eigenvalue weighted by molar-refractivity contribution is 5.35. The summed E-state index contributed by atoms with van der Waals surface area (Å²) >= 11 is 0. The van der Waals surface area contributed by atoms with Crippen LogP contribution in [0.1, 0.15) is 93.4 Å². The van der Waals surface area contributed by atoms with Gasteiger partial charge in [-0.2, -0.15) is 30.7 Å². The van der Waals surface area contributed by atoms with Crippen molar-refractivity contribution in [2.75, 3.05) is 0 Å². The standard InChI is InChI=1S/C36H36F12O2/c1-2-3-4-5-6-7-21-9-13-24(14-10-21)35(45,46)49-25-15-12-23(27(37)18-25)11-8-22-16-28(38)33(29(39)17-22)36(47,48)50-26-19-30(40)32(31(41)20-26)34(42,43)44/h12,15-21,24H,2-11,13-14H2,1H3. The topological polar surface area (TPSA) is 18.5 Å². The fourth-order valence-electron chi connectivity index (χ4n) is 6.26. The summed E-state index contributed by atoms with van der Waals surface area (Å²) in [5, 5.41) is 0. The first-order valence-electron chi connectivity index (χ1n) is 16.4. The van der Waals surface area contributed by atoms with E-state index in [1.165, 1.54) is 12.8 Å². The van der Waals surface area contributed by atoms with Gasteiger partial charge in [0.2, 0.25) is 0 Å². The van der Waals surface area contributed by atoms with Crippen LogP contribution < -0.4 is 9.47 Å². The maximum atomic E-state index is 15.0. The molecule has 3 aromatic carbocycles. The van der Waals surface area contributed by atoms with Crippen molar-refractivity contribution in [3.8, 4) is 11.5 Å². The van der Waals surface area contributed by atoms with Gasteiger partial charge < -0.3 is 9.47 Å². The van der Waals surface area contributed by atoms with Crippen molar-refractivity contribution < 1.29 is 62.2 Å². The first-order valence-corrected chi connectivity index (χ1v) is 16.4. The average molecular weight is 729 g/mol. The average Bonchev–Trinajstić information content (AvgIpc) is 2.99. The lowest BCUT2D eigenvalue weighted by molar-refractivity contribution is -0.223. The third kappa shape index (κ3) is 10.0. The van der Waals surface area contributed by atoms with Gasteiger partial charge in [-0.3, -0.25) is 0 Å². The highest BCUT2D eigenvalue weighted by Crippen LogP contribution is 2.42. The van der Waals surface area contributed by atoms with E-state index in [-0.39, 0.29) is 48.9 Å². The second-order valence-corrected chi connectivity index (χ2v) is 12.7. The van der Waals surface area contributed by atoms with Gasteiger partial charge in [-0.1, -0.05) is 51.5 Å². The third-order valence-electron chi connectivity index (χ3n) is 8.94. The van der Waals surface area contributed by atoms with Crippen LogP contribution in [0.4, 0.5) is 52.7 Å². The Labute approximate surface area is 281 Å². The predicted molar refractivity (Wildman–Crippen MR) is 160 cm³/mol. The number of alkyl halides is 7. The molecule has 0 amide bonds. The normalized spacial score (nSPS) is 17.2. The minimum absolute atomic E-state index is 0.0509. The van der Waals surface area contributed by atoms with E-state index in [1.807, 2.05) is 0 Å². The number of rotatable bonds is 15. The minimum atomic E-state index is -5.50. The summed E-state index contributed by atoms with van der Waals surface area (Å²) in [6.07, 6.45) is -5.88. The van der Waals surface area contributed by atoms with Crippen molar-refractivity contribution >= 4 is 0 Å². The molecule has 14 heteroatoms. The second kappa shape index (κ2) is 16.2. The summed E-state index contributed by atoms with van der Waals surface area (Å²) in [5.41, 5.74) is -4.65. The molecule has 4 rings (SSSR count). The van der Waals surface area contributed by atoms with Gasteiger partial charge in [0.1, 0.15) is 51.7 Å². The number of unbranched alkanes of at least 4 members (excludes halogenated alkanes) is 4. The van der Waals surface area contributed by atoms with Gasteiger partial charge in [-0.05, 0) is 73.8 Å². The summed E-state index contributed by atoms with van der Waals surface area (Å²) in [5.74, 6) is -11.8. The van der Waals surface area contributed by atoms with Gasteiger partial charge >= 0.3 is 18.4 Å². The van der Waals surface area contributed by atoms with Gasteiger partial charge in [0.25, 0.3) is 0 Å². The Bertz CT molecular complexity index is 1550. The molecule has 2 nitrogen and oxygen atoms in total. The lowest BCUT2D eigenvalue weighted by Gasteiger charge is -2.33. The molecule has 1 fully saturated rings. The zero-order valence-electron chi connectivity index (χ0n) is 27.0. The van der Waals surface area contributed by atoms with Crippen LogP contribution in [0.5, 0.6) is 11.5 Å². The fraction of sp³-hybridized carbons (Fsp3) is 0.500. The van der Waals surface area contributed by atoms with Crippen molar-refractivity contribution in [1.29, 1.82) is 0 Å². The molecule has 0 N–H and O–H groups in total. The zero-order chi connectivity index (χ0) is 36.9.